The summed E-state index contributed by atoms with van der Waals surface area (Å²) in [6.07, 6.45) is 1.70. The molecular formula is C22H30N6O3S. The van der Waals surface area contributed by atoms with Crippen LogP contribution in [0.4, 0.5) is 0 Å². The minimum absolute atomic E-state index is 0.0658. The molecule has 2 aromatic heterocycles. The molecule has 0 bridgehead atoms. The van der Waals surface area contributed by atoms with E-state index < -0.39 is 9.84 Å². The smallest absolute Gasteiger partial charge is 0.198 e. The summed E-state index contributed by atoms with van der Waals surface area (Å²) in [6, 6.07) is 10.7. The second kappa shape index (κ2) is 9.51. The number of benzene rings is 1. The Hall–Kier alpha value is -2.56. The van der Waals surface area contributed by atoms with Crippen LogP contribution in [-0.2, 0) is 22.3 Å². The van der Waals surface area contributed by atoms with Gasteiger partial charge in [0.2, 0.25) is 0 Å². The maximum absolute atomic E-state index is 13.0. The van der Waals surface area contributed by atoms with E-state index in [4.69, 9.17) is 4.42 Å². The average Bonchev–Trinajstić information content (AvgIpc) is 3.42. The maximum Gasteiger partial charge on any atom is 0.198 e. The first-order chi connectivity index (χ1) is 15.3. The summed E-state index contributed by atoms with van der Waals surface area (Å²) in [4.78, 5) is 4.99. The van der Waals surface area contributed by atoms with Crippen molar-refractivity contribution in [3.63, 3.8) is 0 Å². The average molecular weight is 459 g/mol. The first-order valence-corrected chi connectivity index (χ1v) is 12.5. The molecule has 4 rings (SSSR count). The lowest BCUT2D eigenvalue weighted by molar-refractivity contribution is 0.0636. The summed E-state index contributed by atoms with van der Waals surface area (Å²) in [7, 11) is -3.57. The number of tetrazole rings is 1. The number of piperazine rings is 1. The van der Waals surface area contributed by atoms with E-state index in [1.165, 1.54) is 4.68 Å². The van der Waals surface area contributed by atoms with E-state index in [1.807, 2.05) is 19.1 Å². The van der Waals surface area contributed by atoms with Crippen molar-refractivity contribution in [3.8, 4) is 0 Å². The van der Waals surface area contributed by atoms with Crippen LogP contribution in [0, 0.1) is 12.8 Å². The van der Waals surface area contributed by atoms with Gasteiger partial charge in [0, 0.05) is 26.2 Å². The molecule has 1 fully saturated rings. The topological polar surface area (TPSA) is 97.4 Å². The molecule has 0 amide bonds. The molecular weight excluding hydrogens is 428 g/mol. The van der Waals surface area contributed by atoms with Crippen LogP contribution in [0.3, 0.4) is 0 Å². The number of rotatable bonds is 8. The Kier molecular flexibility index (Phi) is 6.73. The van der Waals surface area contributed by atoms with Crippen LogP contribution in [-0.4, -0.2) is 64.6 Å². The summed E-state index contributed by atoms with van der Waals surface area (Å²) in [5, 5.41) is 12.1. The van der Waals surface area contributed by atoms with E-state index in [0.717, 1.165) is 44.0 Å². The van der Waals surface area contributed by atoms with E-state index in [0.29, 0.717) is 5.82 Å². The zero-order chi connectivity index (χ0) is 22.7. The van der Waals surface area contributed by atoms with Crippen molar-refractivity contribution in [3.05, 3.63) is 59.8 Å². The number of aryl methyl sites for hydroxylation is 1. The summed E-state index contributed by atoms with van der Waals surface area (Å²) < 4.78 is 32.9. The van der Waals surface area contributed by atoms with Gasteiger partial charge in [-0.15, -0.1) is 5.10 Å². The van der Waals surface area contributed by atoms with Crippen LogP contribution in [0.1, 0.15) is 37.0 Å². The third kappa shape index (κ3) is 5.08. The second-order valence-electron chi connectivity index (χ2n) is 8.67. The maximum atomic E-state index is 13.0. The third-order valence-corrected chi connectivity index (χ3v) is 7.46. The van der Waals surface area contributed by atoms with E-state index in [9.17, 15) is 8.42 Å². The van der Waals surface area contributed by atoms with Crippen molar-refractivity contribution >= 4 is 9.84 Å². The highest BCUT2D eigenvalue weighted by atomic mass is 32.2. The number of aromatic nitrogens is 4. The number of furan rings is 1. The van der Waals surface area contributed by atoms with Gasteiger partial charge >= 0.3 is 0 Å². The van der Waals surface area contributed by atoms with Crippen LogP contribution < -0.4 is 0 Å². The molecule has 3 aromatic rings. The molecule has 32 heavy (non-hydrogen) atoms. The molecule has 1 saturated heterocycles. The third-order valence-electron chi connectivity index (χ3n) is 5.89. The van der Waals surface area contributed by atoms with Crippen LogP contribution in [0.25, 0.3) is 0 Å². The predicted molar refractivity (Wildman–Crippen MR) is 119 cm³/mol. The molecule has 0 N–H and O–H groups in total. The molecule has 9 nitrogen and oxygen atoms in total. The SMILES string of the molecule is Cc1ccc(S(=O)(=O)Cn2nnnc2[C@H](C(C)C)N2CCN(Cc3ccco3)CC2)cc1. The largest absolute Gasteiger partial charge is 0.468 e. The van der Waals surface area contributed by atoms with Gasteiger partial charge in [0.25, 0.3) is 0 Å². The first-order valence-electron chi connectivity index (χ1n) is 10.9. The van der Waals surface area contributed by atoms with Crippen LogP contribution in [0.15, 0.2) is 52.0 Å². The summed E-state index contributed by atoms with van der Waals surface area (Å²) in [5.41, 5.74) is 1.01. The lowest BCUT2D eigenvalue weighted by atomic mass is 10.0. The Morgan fingerprint density at radius 1 is 1.06 bits per heavy atom. The Balaban J connectivity index is 1.48. The Morgan fingerprint density at radius 2 is 1.78 bits per heavy atom. The molecule has 0 radical (unpaired) electrons. The van der Waals surface area contributed by atoms with Gasteiger partial charge in [0.1, 0.15) is 5.76 Å². The summed E-state index contributed by atoms with van der Waals surface area (Å²) in [6.45, 7) is 10.4. The molecule has 1 atom stereocenters. The highest BCUT2D eigenvalue weighted by Crippen LogP contribution is 2.29. The fourth-order valence-corrected chi connectivity index (χ4v) is 5.41. The molecule has 172 valence electrons. The number of hydrogen-bond acceptors (Lipinski definition) is 8. The zero-order valence-corrected chi connectivity index (χ0v) is 19.6. The number of sulfone groups is 1. The second-order valence-corrected chi connectivity index (χ2v) is 10.6. The van der Waals surface area contributed by atoms with E-state index in [1.54, 1.807) is 30.5 Å². The van der Waals surface area contributed by atoms with Crippen molar-refractivity contribution in [2.24, 2.45) is 5.92 Å². The standard InChI is InChI=1S/C22H30N6O3S/c1-17(2)21(27-12-10-26(11-13-27)15-19-5-4-14-31-19)22-23-24-25-28(22)16-32(29,30)20-8-6-18(3)7-9-20/h4-9,14,17,21H,10-13,15-16H2,1-3H3/t21-/m0/s1. The van der Waals surface area contributed by atoms with Gasteiger partial charge in [-0.2, -0.15) is 0 Å². The van der Waals surface area contributed by atoms with Crippen molar-refractivity contribution in [2.45, 2.75) is 44.1 Å². The summed E-state index contributed by atoms with van der Waals surface area (Å²) in [5.74, 6) is 1.50. The Morgan fingerprint density at radius 3 is 2.41 bits per heavy atom. The van der Waals surface area contributed by atoms with Gasteiger partial charge in [-0.25, -0.2) is 13.1 Å². The minimum Gasteiger partial charge on any atom is -0.468 e. The monoisotopic (exact) mass is 458 g/mol. The normalized spacial score (nSPS) is 17.1. The van der Waals surface area contributed by atoms with Crippen LogP contribution >= 0.6 is 0 Å². The van der Waals surface area contributed by atoms with E-state index >= 15 is 0 Å². The molecule has 0 saturated carbocycles. The molecule has 0 spiro atoms. The summed E-state index contributed by atoms with van der Waals surface area (Å²) >= 11 is 0. The van der Waals surface area contributed by atoms with Gasteiger partial charge in [-0.3, -0.25) is 9.80 Å². The quantitative estimate of drug-likeness (QED) is 0.508. The van der Waals surface area contributed by atoms with Gasteiger partial charge in [-0.05, 0) is 47.5 Å². The Labute approximate surface area is 188 Å². The zero-order valence-electron chi connectivity index (χ0n) is 18.8. The van der Waals surface area contributed by atoms with Gasteiger partial charge in [0.05, 0.1) is 23.7 Å². The first kappa shape index (κ1) is 22.6. The fraction of sp³-hybridized carbons (Fsp3) is 0.500. The lowest BCUT2D eigenvalue weighted by Crippen LogP contribution is -2.48. The molecule has 1 aliphatic rings. The van der Waals surface area contributed by atoms with E-state index in [2.05, 4.69) is 39.2 Å². The fourth-order valence-electron chi connectivity index (χ4n) is 4.20. The number of hydrogen-bond donors (Lipinski definition) is 0. The number of nitrogens with zero attached hydrogens (tertiary/aromatic N) is 6. The van der Waals surface area contributed by atoms with Crippen molar-refractivity contribution in [2.75, 3.05) is 26.2 Å². The molecule has 0 aliphatic carbocycles. The van der Waals surface area contributed by atoms with Gasteiger partial charge < -0.3 is 4.42 Å². The van der Waals surface area contributed by atoms with Crippen molar-refractivity contribution < 1.29 is 12.8 Å². The van der Waals surface area contributed by atoms with Gasteiger partial charge in [-0.1, -0.05) is 31.5 Å². The van der Waals surface area contributed by atoms with Crippen LogP contribution in [0.2, 0.25) is 0 Å². The Bertz CT molecular complexity index is 1100. The van der Waals surface area contributed by atoms with Crippen LogP contribution in [0.5, 0.6) is 0 Å². The van der Waals surface area contributed by atoms with E-state index in [-0.39, 0.29) is 22.7 Å². The predicted octanol–water partition coefficient (Wildman–Crippen LogP) is 2.52. The molecule has 1 aliphatic heterocycles. The highest BCUT2D eigenvalue weighted by molar-refractivity contribution is 7.90. The molecule has 0 unspecified atom stereocenters. The van der Waals surface area contributed by atoms with Gasteiger partial charge in [0.15, 0.2) is 21.5 Å². The minimum atomic E-state index is -3.57. The van der Waals surface area contributed by atoms with Crippen molar-refractivity contribution in [1.82, 2.24) is 30.0 Å². The molecule has 10 heteroatoms. The molecule has 3 heterocycles. The van der Waals surface area contributed by atoms with Crippen molar-refractivity contribution in [1.29, 1.82) is 0 Å². The molecule has 1 aromatic carbocycles. The lowest BCUT2D eigenvalue weighted by Gasteiger charge is -2.40. The highest BCUT2D eigenvalue weighted by Gasteiger charge is 2.32.